The quantitative estimate of drug-likeness (QED) is 0.764. The molecule has 0 aliphatic heterocycles. The number of aryl methyl sites for hydroxylation is 1. The zero-order valence-corrected chi connectivity index (χ0v) is 10.6. The van der Waals surface area contributed by atoms with Crippen molar-refractivity contribution in [2.24, 2.45) is 5.92 Å². The maximum absolute atomic E-state index is 9.24. The van der Waals surface area contributed by atoms with E-state index in [1.54, 1.807) is 0 Å². The van der Waals surface area contributed by atoms with Crippen molar-refractivity contribution in [1.82, 2.24) is 0 Å². The first-order valence-electron chi connectivity index (χ1n) is 6.12. The number of hydrogen-bond acceptors (Lipinski definition) is 3. The molecule has 0 saturated heterocycles. The first kappa shape index (κ1) is 14.0. The molecule has 3 heteroatoms. The highest BCUT2D eigenvalue weighted by molar-refractivity contribution is 5.27. The molecule has 1 aromatic rings. The van der Waals surface area contributed by atoms with Gasteiger partial charge >= 0.3 is 0 Å². The highest BCUT2D eigenvalue weighted by Gasteiger charge is 2.03. The summed E-state index contributed by atoms with van der Waals surface area (Å²) in [7, 11) is 0. The lowest BCUT2D eigenvalue weighted by Gasteiger charge is -2.10. The molecule has 0 bridgehead atoms. The first-order valence-corrected chi connectivity index (χ1v) is 6.12. The molecule has 0 aliphatic carbocycles. The summed E-state index contributed by atoms with van der Waals surface area (Å²) in [4.78, 5) is 0. The Hall–Kier alpha value is -1.06. The second-order valence-corrected chi connectivity index (χ2v) is 4.72. The Kier molecular flexibility index (Phi) is 6.01. The van der Waals surface area contributed by atoms with Crippen LogP contribution in [-0.2, 0) is 6.42 Å². The summed E-state index contributed by atoms with van der Waals surface area (Å²) in [6.07, 6.45) is 0.737. The van der Waals surface area contributed by atoms with E-state index in [1.165, 1.54) is 0 Å². The lowest BCUT2D eigenvalue weighted by molar-refractivity contribution is 0.0886. The van der Waals surface area contributed by atoms with E-state index in [2.05, 4.69) is 13.8 Å². The molecular formula is C14H22O3. The van der Waals surface area contributed by atoms with Crippen LogP contribution in [0, 0.1) is 5.92 Å². The van der Waals surface area contributed by atoms with E-state index in [0.29, 0.717) is 12.3 Å². The van der Waals surface area contributed by atoms with Crippen LogP contribution in [0.2, 0.25) is 0 Å². The van der Waals surface area contributed by atoms with Gasteiger partial charge in [0.15, 0.2) is 0 Å². The number of aliphatic hydroxyl groups is 2. The van der Waals surface area contributed by atoms with Gasteiger partial charge in [-0.25, -0.2) is 0 Å². The molecule has 0 spiro atoms. The molecule has 96 valence electrons. The standard InChI is InChI=1S/C14H22O3/c1-11(2)10-17-14-7-4-12(5-8-14)3-6-13(16)9-15/h4-5,7-8,11,13,15-16H,3,6,9-10H2,1-2H3. The van der Waals surface area contributed by atoms with Gasteiger partial charge in [-0.1, -0.05) is 26.0 Å². The molecule has 0 aliphatic rings. The lowest BCUT2D eigenvalue weighted by Crippen LogP contribution is -2.12. The first-order chi connectivity index (χ1) is 8.11. The molecule has 1 aromatic carbocycles. The van der Waals surface area contributed by atoms with Crippen LogP contribution in [0.1, 0.15) is 25.8 Å². The minimum absolute atomic E-state index is 0.171. The molecule has 0 radical (unpaired) electrons. The highest BCUT2D eigenvalue weighted by Crippen LogP contribution is 2.14. The maximum Gasteiger partial charge on any atom is 0.119 e. The second-order valence-electron chi connectivity index (χ2n) is 4.72. The third-order valence-corrected chi connectivity index (χ3v) is 2.48. The van der Waals surface area contributed by atoms with Crippen LogP contribution < -0.4 is 4.74 Å². The SMILES string of the molecule is CC(C)COc1ccc(CCC(O)CO)cc1. The molecule has 1 atom stereocenters. The predicted octanol–water partition coefficient (Wildman–Crippen LogP) is 2.01. The average molecular weight is 238 g/mol. The molecule has 0 saturated carbocycles. The van der Waals surface area contributed by atoms with Crippen LogP contribution in [0.5, 0.6) is 5.75 Å². The summed E-state index contributed by atoms with van der Waals surface area (Å²) in [5.74, 6) is 1.40. The Morgan fingerprint density at radius 1 is 1.18 bits per heavy atom. The maximum atomic E-state index is 9.24. The normalized spacial score (nSPS) is 12.8. The molecule has 3 nitrogen and oxygen atoms in total. The Morgan fingerprint density at radius 3 is 2.35 bits per heavy atom. The van der Waals surface area contributed by atoms with Gasteiger partial charge in [-0.2, -0.15) is 0 Å². The smallest absolute Gasteiger partial charge is 0.119 e. The zero-order chi connectivity index (χ0) is 12.7. The molecule has 0 aromatic heterocycles. The van der Waals surface area contributed by atoms with E-state index < -0.39 is 6.10 Å². The summed E-state index contributed by atoms with van der Waals surface area (Å²) in [5, 5.41) is 18.0. The Labute approximate surface area is 103 Å². The van der Waals surface area contributed by atoms with Gasteiger partial charge in [-0.05, 0) is 36.5 Å². The minimum atomic E-state index is -0.619. The van der Waals surface area contributed by atoms with Crippen molar-refractivity contribution in [3.05, 3.63) is 29.8 Å². The summed E-state index contributed by atoms with van der Waals surface area (Å²) in [6, 6.07) is 7.89. The summed E-state index contributed by atoms with van der Waals surface area (Å²) >= 11 is 0. The van der Waals surface area contributed by atoms with Crippen LogP contribution in [0.15, 0.2) is 24.3 Å². The van der Waals surface area contributed by atoms with Crippen molar-refractivity contribution < 1.29 is 14.9 Å². The monoisotopic (exact) mass is 238 g/mol. The number of aliphatic hydroxyl groups excluding tert-OH is 2. The van der Waals surface area contributed by atoms with Gasteiger partial charge in [0.2, 0.25) is 0 Å². The number of rotatable bonds is 7. The summed E-state index contributed by atoms with van der Waals surface area (Å²) in [6.45, 7) is 4.79. The van der Waals surface area contributed by atoms with Gasteiger partial charge in [0.05, 0.1) is 19.3 Å². The van der Waals surface area contributed by atoms with Crippen LogP contribution in [0.25, 0.3) is 0 Å². The Bertz CT molecular complexity index is 306. The number of hydrogen-bond donors (Lipinski definition) is 2. The summed E-state index contributed by atoms with van der Waals surface area (Å²) < 4.78 is 5.58. The van der Waals surface area contributed by atoms with Crippen molar-refractivity contribution in [2.45, 2.75) is 32.8 Å². The average Bonchev–Trinajstić information content (AvgIpc) is 2.34. The van der Waals surface area contributed by atoms with E-state index in [0.717, 1.165) is 24.3 Å². The number of ether oxygens (including phenoxy) is 1. The van der Waals surface area contributed by atoms with E-state index >= 15 is 0 Å². The third-order valence-electron chi connectivity index (χ3n) is 2.48. The molecule has 17 heavy (non-hydrogen) atoms. The fourth-order valence-corrected chi connectivity index (χ4v) is 1.44. The van der Waals surface area contributed by atoms with Crippen molar-refractivity contribution in [1.29, 1.82) is 0 Å². The van der Waals surface area contributed by atoms with Gasteiger partial charge in [-0.15, -0.1) is 0 Å². The zero-order valence-electron chi connectivity index (χ0n) is 10.6. The number of benzene rings is 1. The largest absolute Gasteiger partial charge is 0.493 e. The third kappa shape index (κ3) is 5.71. The van der Waals surface area contributed by atoms with Crippen LogP contribution in [0.3, 0.4) is 0 Å². The highest BCUT2D eigenvalue weighted by atomic mass is 16.5. The molecule has 0 heterocycles. The lowest BCUT2D eigenvalue weighted by atomic mass is 10.1. The Morgan fingerprint density at radius 2 is 1.82 bits per heavy atom. The van der Waals surface area contributed by atoms with Crippen LogP contribution >= 0.6 is 0 Å². The molecule has 1 rings (SSSR count). The minimum Gasteiger partial charge on any atom is -0.493 e. The van der Waals surface area contributed by atoms with Gasteiger partial charge < -0.3 is 14.9 Å². The van der Waals surface area contributed by atoms with Crippen molar-refractivity contribution in [2.75, 3.05) is 13.2 Å². The van der Waals surface area contributed by atoms with Crippen molar-refractivity contribution in [3.8, 4) is 5.75 Å². The van der Waals surface area contributed by atoms with Crippen molar-refractivity contribution in [3.63, 3.8) is 0 Å². The van der Waals surface area contributed by atoms with Gasteiger partial charge in [0.25, 0.3) is 0 Å². The molecule has 1 unspecified atom stereocenters. The molecular weight excluding hydrogens is 216 g/mol. The van der Waals surface area contributed by atoms with Crippen LogP contribution in [0.4, 0.5) is 0 Å². The van der Waals surface area contributed by atoms with Crippen LogP contribution in [-0.4, -0.2) is 29.5 Å². The molecule has 2 N–H and O–H groups in total. The van der Waals surface area contributed by atoms with Gasteiger partial charge in [0.1, 0.15) is 5.75 Å². The second kappa shape index (κ2) is 7.30. The molecule has 0 fully saturated rings. The predicted molar refractivity (Wildman–Crippen MR) is 68.2 cm³/mol. The van der Waals surface area contributed by atoms with Gasteiger partial charge in [-0.3, -0.25) is 0 Å². The van der Waals surface area contributed by atoms with Crippen molar-refractivity contribution >= 4 is 0 Å². The van der Waals surface area contributed by atoms with E-state index in [-0.39, 0.29) is 6.61 Å². The Balaban J connectivity index is 2.39. The molecule has 0 amide bonds. The summed E-state index contributed by atoms with van der Waals surface area (Å²) in [5.41, 5.74) is 1.15. The van der Waals surface area contributed by atoms with E-state index in [4.69, 9.17) is 9.84 Å². The van der Waals surface area contributed by atoms with E-state index in [9.17, 15) is 5.11 Å². The van der Waals surface area contributed by atoms with E-state index in [1.807, 2.05) is 24.3 Å². The topological polar surface area (TPSA) is 49.7 Å². The fourth-order valence-electron chi connectivity index (χ4n) is 1.44. The van der Waals surface area contributed by atoms with Gasteiger partial charge in [0, 0.05) is 0 Å². The fraction of sp³-hybridized carbons (Fsp3) is 0.571.